The minimum Gasteiger partial charge on any atom is -0.493 e. The molecule has 0 aliphatic carbocycles. The first-order valence-corrected chi connectivity index (χ1v) is 6.86. The van der Waals surface area contributed by atoms with E-state index in [9.17, 15) is 10.1 Å². The molecular weight excluding hydrogens is 258 g/mol. The van der Waals surface area contributed by atoms with E-state index in [1.807, 2.05) is 26.0 Å². The van der Waals surface area contributed by atoms with Crippen molar-refractivity contribution in [2.24, 2.45) is 0 Å². The van der Waals surface area contributed by atoms with Gasteiger partial charge in [0.15, 0.2) is 0 Å². The topological polar surface area (TPSA) is 61.6 Å². The zero-order valence-corrected chi connectivity index (χ0v) is 12.0. The molecule has 0 radical (unpaired) electrons. The predicted octanol–water partition coefficient (Wildman–Crippen LogP) is 3.44. The number of fused-ring (bicyclic) bond motifs is 1. The van der Waals surface area contributed by atoms with Crippen molar-refractivity contribution in [2.45, 2.75) is 39.7 Å². The van der Waals surface area contributed by atoms with Crippen molar-refractivity contribution in [3.05, 3.63) is 39.1 Å². The average Bonchev–Trinajstić information content (AvgIpc) is 2.74. The Kier molecular flexibility index (Phi) is 4.27. The molecule has 0 N–H and O–H groups in total. The summed E-state index contributed by atoms with van der Waals surface area (Å²) in [5.41, 5.74) is 1.96. The standard InChI is InChI=1S/C15H19NO4/c1-4-13(16(17)18)7-12-9-15-11(6-10(3)20-15)8-14(12)19-5-2/h7-10H,4-6H2,1-3H3. The summed E-state index contributed by atoms with van der Waals surface area (Å²) in [7, 11) is 0. The second-order valence-electron chi connectivity index (χ2n) is 4.81. The Hall–Kier alpha value is -2.04. The Balaban J connectivity index is 2.46. The molecule has 0 spiro atoms. The SMILES string of the molecule is CCOc1cc2c(cc1C=C(CC)[N+](=O)[O-])OC(C)C2. The highest BCUT2D eigenvalue weighted by atomic mass is 16.6. The van der Waals surface area contributed by atoms with E-state index in [1.54, 1.807) is 13.0 Å². The van der Waals surface area contributed by atoms with Crippen LogP contribution < -0.4 is 9.47 Å². The monoisotopic (exact) mass is 277 g/mol. The molecule has 1 heterocycles. The van der Waals surface area contributed by atoms with Gasteiger partial charge in [-0.3, -0.25) is 10.1 Å². The van der Waals surface area contributed by atoms with Crippen molar-refractivity contribution in [3.8, 4) is 11.5 Å². The van der Waals surface area contributed by atoms with Gasteiger partial charge in [-0.05, 0) is 26.0 Å². The molecule has 0 amide bonds. The van der Waals surface area contributed by atoms with Gasteiger partial charge in [-0.15, -0.1) is 0 Å². The average molecular weight is 277 g/mol. The van der Waals surface area contributed by atoms with Crippen molar-refractivity contribution in [1.29, 1.82) is 0 Å². The summed E-state index contributed by atoms with van der Waals surface area (Å²) >= 11 is 0. The van der Waals surface area contributed by atoms with Crippen molar-refractivity contribution in [3.63, 3.8) is 0 Å². The molecular formula is C15H19NO4. The molecule has 1 aromatic rings. The van der Waals surface area contributed by atoms with Gasteiger partial charge in [0.2, 0.25) is 5.70 Å². The summed E-state index contributed by atoms with van der Waals surface area (Å²) in [4.78, 5) is 10.6. The third-order valence-corrected chi connectivity index (χ3v) is 3.25. The third-order valence-electron chi connectivity index (χ3n) is 3.25. The first-order valence-electron chi connectivity index (χ1n) is 6.86. The van der Waals surface area contributed by atoms with E-state index in [4.69, 9.17) is 9.47 Å². The number of ether oxygens (including phenoxy) is 2. The lowest BCUT2D eigenvalue weighted by molar-refractivity contribution is -0.425. The fourth-order valence-electron chi connectivity index (χ4n) is 2.31. The summed E-state index contributed by atoms with van der Waals surface area (Å²) in [5, 5.41) is 11.0. The zero-order valence-electron chi connectivity index (χ0n) is 12.0. The van der Waals surface area contributed by atoms with Crippen LogP contribution in [0, 0.1) is 10.1 Å². The quantitative estimate of drug-likeness (QED) is 0.611. The summed E-state index contributed by atoms with van der Waals surface area (Å²) in [6.07, 6.45) is 2.92. The number of allylic oxidation sites excluding steroid dienone is 1. The Morgan fingerprint density at radius 1 is 1.55 bits per heavy atom. The molecule has 1 atom stereocenters. The van der Waals surface area contributed by atoms with Crippen LogP contribution in [0.2, 0.25) is 0 Å². The second kappa shape index (κ2) is 5.94. The van der Waals surface area contributed by atoms with Crippen LogP contribution in [0.3, 0.4) is 0 Å². The van der Waals surface area contributed by atoms with Gasteiger partial charge in [0.25, 0.3) is 0 Å². The minimum atomic E-state index is -0.355. The van der Waals surface area contributed by atoms with E-state index in [1.165, 1.54) is 0 Å². The summed E-state index contributed by atoms with van der Waals surface area (Å²) in [5.74, 6) is 1.47. The molecule has 5 heteroatoms. The molecule has 20 heavy (non-hydrogen) atoms. The third kappa shape index (κ3) is 2.92. The fourth-order valence-corrected chi connectivity index (χ4v) is 2.31. The summed E-state index contributed by atoms with van der Waals surface area (Å²) in [6.45, 7) is 6.19. The normalized spacial score (nSPS) is 17.6. The van der Waals surface area contributed by atoms with Crippen molar-refractivity contribution in [2.75, 3.05) is 6.61 Å². The number of hydrogen-bond acceptors (Lipinski definition) is 4. The molecule has 5 nitrogen and oxygen atoms in total. The molecule has 1 aliphatic heterocycles. The maximum absolute atomic E-state index is 11.0. The summed E-state index contributed by atoms with van der Waals surface area (Å²) < 4.78 is 11.3. The maximum Gasteiger partial charge on any atom is 0.246 e. The number of nitrogens with zero attached hydrogens (tertiary/aromatic N) is 1. The van der Waals surface area contributed by atoms with Crippen molar-refractivity contribution < 1.29 is 14.4 Å². The molecule has 1 aromatic carbocycles. The van der Waals surface area contributed by atoms with E-state index < -0.39 is 0 Å². The van der Waals surface area contributed by atoms with E-state index in [0.29, 0.717) is 24.3 Å². The lowest BCUT2D eigenvalue weighted by Gasteiger charge is -2.10. The van der Waals surface area contributed by atoms with Crippen LogP contribution in [0.15, 0.2) is 17.8 Å². The van der Waals surface area contributed by atoms with E-state index in [0.717, 1.165) is 17.7 Å². The fraction of sp³-hybridized carbons (Fsp3) is 0.467. The van der Waals surface area contributed by atoms with Crippen LogP contribution in [0.1, 0.15) is 38.3 Å². The van der Waals surface area contributed by atoms with Crippen LogP contribution in [0.25, 0.3) is 6.08 Å². The van der Waals surface area contributed by atoms with Gasteiger partial charge in [0.1, 0.15) is 17.6 Å². The molecule has 1 unspecified atom stereocenters. The number of hydrogen-bond donors (Lipinski definition) is 0. The van der Waals surface area contributed by atoms with Gasteiger partial charge in [0.05, 0.1) is 11.5 Å². The van der Waals surface area contributed by atoms with E-state index in [-0.39, 0.29) is 16.7 Å². The minimum absolute atomic E-state index is 0.139. The first kappa shape index (κ1) is 14.4. The molecule has 0 saturated carbocycles. The second-order valence-corrected chi connectivity index (χ2v) is 4.81. The van der Waals surface area contributed by atoms with Crippen LogP contribution >= 0.6 is 0 Å². The van der Waals surface area contributed by atoms with Gasteiger partial charge >= 0.3 is 0 Å². The first-order chi connectivity index (χ1) is 9.55. The number of nitro groups is 1. The molecule has 0 bridgehead atoms. The molecule has 1 aliphatic rings. The smallest absolute Gasteiger partial charge is 0.246 e. The highest BCUT2D eigenvalue weighted by Crippen LogP contribution is 2.36. The van der Waals surface area contributed by atoms with E-state index in [2.05, 4.69) is 0 Å². The Morgan fingerprint density at radius 3 is 2.90 bits per heavy atom. The van der Waals surface area contributed by atoms with Gasteiger partial charge in [-0.2, -0.15) is 0 Å². The molecule has 0 fully saturated rings. The molecule has 0 saturated heterocycles. The Bertz CT molecular complexity index is 551. The van der Waals surface area contributed by atoms with Gasteiger partial charge in [-0.1, -0.05) is 6.92 Å². The number of benzene rings is 1. The lowest BCUT2D eigenvalue weighted by atomic mass is 10.1. The van der Waals surface area contributed by atoms with Crippen LogP contribution in [-0.4, -0.2) is 17.6 Å². The molecule has 2 rings (SSSR count). The van der Waals surface area contributed by atoms with E-state index >= 15 is 0 Å². The van der Waals surface area contributed by atoms with Gasteiger partial charge in [-0.25, -0.2) is 0 Å². The molecule has 0 aromatic heterocycles. The highest BCUT2D eigenvalue weighted by molar-refractivity contribution is 5.63. The summed E-state index contributed by atoms with van der Waals surface area (Å²) in [6, 6.07) is 3.77. The maximum atomic E-state index is 11.0. The van der Waals surface area contributed by atoms with Crippen molar-refractivity contribution in [1.82, 2.24) is 0 Å². The van der Waals surface area contributed by atoms with Crippen molar-refractivity contribution >= 4 is 6.08 Å². The number of rotatable bonds is 5. The largest absolute Gasteiger partial charge is 0.493 e. The lowest BCUT2D eigenvalue weighted by Crippen LogP contribution is -2.05. The van der Waals surface area contributed by atoms with Crippen LogP contribution in [0.4, 0.5) is 0 Å². The Morgan fingerprint density at radius 2 is 2.30 bits per heavy atom. The zero-order chi connectivity index (χ0) is 14.7. The van der Waals surface area contributed by atoms with Crippen LogP contribution in [-0.2, 0) is 6.42 Å². The van der Waals surface area contributed by atoms with Gasteiger partial charge in [0, 0.05) is 30.0 Å². The van der Waals surface area contributed by atoms with Crippen LogP contribution in [0.5, 0.6) is 11.5 Å². The van der Waals surface area contributed by atoms with Gasteiger partial charge < -0.3 is 9.47 Å². The Labute approximate surface area is 118 Å². The predicted molar refractivity (Wildman–Crippen MR) is 76.7 cm³/mol. The molecule has 108 valence electrons. The highest BCUT2D eigenvalue weighted by Gasteiger charge is 2.22.